The summed E-state index contributed by atoms with van der Waals surface area (Å²) in [5.74, 6) is -0.604. The van der Waals surface area contributed by atoms with Crippen molar-refractivity contribution in [3.63, 3.8) is 0 Å². The van der Waals surface area contributed by atoms with E-state index in [0.717, 1.165) is 19.3 Å². The molecule has 1 saturated carbocycles. The van der Waals surface area contributed by atoms with Gasteiger partial charge in [-0.2, -0.15) is 0 Å². The molecule has 0 saturated heterocycles. The van der Waals surface area contributed by atoms with Crippen LogP contribution in [0, 0.1) is 11.3 Å². The van der Waals surface area contributed by atoms with E-state index in [9.17, 15) is 9.59 Å². The van der Waals surface area contributed by atoms with Crippen LogP contribution >= 0.6 is 0 Å². The Balaban J connectivity index is 2.50. The van der Waals surface area contributed by atoms with Crippen molar-refractivity contribution in [1.82, 2.24) is 5.32 Å². The fourth-order valence-electron chi connectivity index (χ4n) is 1.87. The van der Waals surface area contributed by atoms with Gasteiger partial charge >= 0.3 is 5.97 Å². The fraction of sp³-hybridized carbons (Fsp3) is 0.818. The predicted molar refractivity (Wildman–Crippen MR) is 56.4 cm³/mol. The van der Waals surface area contributed by atoms with Crippen LogP contribution in [0.5, 0.6) is 0 Å². The van der Waals surface area contributed by atoms with Crippen molar-refractivity contribution in [3.05, 3.63) is 0 Å². The molecule has 1 aliphatic carbocycles. The summed E-state index contributed by atoms with van der Waals surface area (Å²) in [5.41, 5.74) is -0.266. The van der Waals surface area contributed by atoms with E-state index < -0.39 is 12.0 Å². The highest BCUT2D eigenvalue weighted by Crippen LogP contribution is 2.50. The molecule has 0 heterocycles. The molecule has 15 heavy (non-hydrogen) atoms. The van der Waals surface area contributed by atoms with Gasteiger partial charge in [0.1, 0.15) is 6.04 Å². The number of carboxylic acids is 1. The third-order valence-electron chi connectivity index (χ3n) is 2.85. The third-order valence-corrected chi connectivity index (χ3v) is 2.85. The smallest absolute Gasteiger partial charge is 0.325 e. The average molecular weight is 213 g/mol. The van der Waals surface area contributed by atoms with Gasteiger partial charge in [0.25, 0.3) is 0 Å². The number of amides is 1. The largest absolute Gasteiger partial charge is 0.480 e. The van der Waals surface area contributed by atoms with E-state index >= 15 is 0 Å². The average Bonchev–Trinajstić information content (AvgIpc) is 2.84. The second kappa shape index (κ2) is 4.21. The van der Waals surface area contributed by atoms with E-state index in [0.29, 0.717) is 5.92 Å². The van der Waals surface area contributed by atoms with Crippen LogP contribution in [-0.2, 0) is 9.59 Å². The van der Waals surface area contributed by atoms with Crippen molar-refractivity contribution in [2.75, 3.05) is 0 Å². The molecule has 0 aromatic rings. The Morgan fingerprint density at radius 3 is 2.20 bits per heavy atom. The normalized spacial score (nSPS) is 19.7. The molecule has 1 amide bonds. The van der Waals surface area contributed by atoms with Crippen molar-refractivity contribution in [2.24, 2.45) is 11.3 Å². The molecule has 0 radical (unpaired) electrons. The molecular formula is C11H19NO3. The number of carboxylic acid groups (broad SMARTS) is 1. The number of hydrogen-bond donors (Lipinski definition) is 2. The Morgan fingerprint density at radius 2 is 1.87 bits per heavy atom. The molecule has 0 aliphatic heterocycles. The van der Waals surface area contributed by atoms with Gasteiger partial charge in [-0.3, -0.25) is 9.59 Å². The Hall–Kier alpha value is -1.06. The van der Waals surface area contributed by atoms with Crippen molar-refractivity contribution in [1.29, 1.82) is 0 Å². The molecule has 1 atom stereocenters. The Kier molecular flexibility index (Phi) is 3.37. The van der Waals surface area contributed by atoms with Gasteiger partial charge in [0.05, 0.1) is 0 Å². The van der Waals surface area contributed by atoms with Crippen molar-refractivity contribution >= 4 is 11.9 Å². The van der Waals surface area contributed by atoms with Crippen molar-refractivity contribution < 1.29 is 14.7 Å². The Morgan fingerprint density at radius 1 is 1.33 bits per heavy atom. The first-order valence-electron chi connectivity index (χ1n) is 5.41. The number of aliphatic carboxylic acids is 1. The lowest BCUT2D eigenvalue weighted by Crippen LogP contribution is -2.42. The first-order chi connectivity index (χ1) is 6.87. The summed E-state index contributed by atoms with van der Waals surface area (Å²) < 4.78 is 0. The zero-order chi connectivity index (χ0) is 11.6. The van der Waals surface area contributed by atoms with E-state index in [1.807, 2.05) is 0 Å². The van der Waals surface area contributed by atoms with Crippen LogP contribution in [0.2, 0.25) is 0 Å². The zero-order valence-electron chi connectivity index (χ0n) is 9.54. The van der Waals surface area contributed by atoms with E-state index in [1.165, 1.54) is 6.92 Å². The van der Waals surface area contributed by atoms with E-state index in [-0.39, 0.29) is 11.3 Å². The van der Waals surface area contributed by atoms with Crippen LogP contribution in [-0.4, -0.2) is 23.0 Å². The molecule has 1 rings (SSSR count). The summed E-state index contributed by atoms with van der Waals surface area (Å²) in [4.78, 5) is 22.4. The minimum atomic E-state index is -0.983. The molecular weight excluding hydrogens is 194 g/mol. The van der Waals surface area contributed by atoms with Crippen LogP contribution in [0.1, 0.15) is 40.0 Å². The summed E-state index contributed by atoms with van der Waals surface area (Å²) in [6.45, 7) is 5.65. The van der Waals surface area contributed by atoms with E-state index in [4.69, 9.17) is 5.11 Å². The number of rotatable bonds is 5. The second-order valence-corrected chi connectivity index (χ2v) is 4.91. The molecule has 0 aromatic carbocycles. The number of carbonyl (C=O) groups excluding carboxylic acids is 1. The topological polar surface area (TPSA) is 66.4 Å². The van der Waals surface area contributed by atoms with Gasteiger partial charge in [-0.15, -0.1) is 0 Å². The van der Waals surface area contributed by atoms with E-state index in [1.54, 1.807) is 0 Å². The molecule has 4 nitrogen and oxygen atoms in total. The Bertz CT molecular complexity index is 269. The molecule has 0 spiro atoms. The van der Waals surface area contributed by atoms with Crippen LogP contribution in [0.4, 0.5) is 0 Å². The van der Waals surface area contributed by atoms with Gasteiger partial charge in [-0.1, -0.05) is 13.8 Å². The molecule has 2 N–H and O–H groups in total. The third kappa shape index (κ3) is 2.94. The molecule has 1 fully saturated rings. The highest BCUT2D eigenvalue weighted by Gasteiger charge is 2.50. The molecule has 86 valence electrons. The highest BCUT2D eigenvalue weighted by atomic mass is 16.4. The second-order valence-electron chi connectivity index (χ2n) is 4.91. The standard InChI is InChI=1S/C11H19NO3/c1-7(2)6-11(4-5-11)10(15)12-8(3)9(13)14/h7-8H,4-6H2,1-3H3,(H,12,15)(H,13,14). The fourth-order valence-corrected chi connectivity index (χ4v) is 1.87. The van der Waals surface area contributed by atoms with Gasteiger partial charge in [-0.05, 0) is 32.1 Å². The quantitative estimate of drug-likeness (QED) is 0.725. The van der Waals surface area contributed by atoms with Crippen LogP contribution < -0.4 is 5.32 Å². The molecule has 4 heteroatoms. The molecule has 0 bridgehead atoms. The van der Waals surface area contributed by atoms with Gasteiger partial charge < -0.3 is 10.4 Å². The van der Waals surface area contributed by atoms with Gasteiger partial charge in [-0.25, -0.2) is 0 Å². The lowest BCUT2D eigenvalue weighted by molar-refractivity contribution is -0.142. The maximum atomic E-state index is 11.8. The highest BCUT2D eigenvalue weighted by molar-refractivity contribution is 5.89. The van der Waals surface area contributed by atoms with Gasteiger partial charge in [0, 0.05) is 5.41 Å². The van der Waals surface area contributed by atoms with Crippen LogP contribution in [0.15, 0.2) is 0 Å². The SMILES string of the molecule is CC(C)CC1(C(=O)NC(C)C(=O)O)CC1. The molecule has 0 aromatic heterocycles. The molecule has 1 unspecified atom stereocenters. The van der Waals surface area contributed by atoms with Crippen molar-refractivity contribution in [2.45, 2.75) is 46.1 Å². The van der Waals surface area contributed by atoms with E-state index in [2.05, 4.69) is 19.2 Å². The van der Waals surface area contributed by atoms with Gasteiger partial charge in [0.15, 0.2) is 0 Å². The molecule has 1 aliphatic rings. The van der Waals surface area contributed by atoms with Crippen molar-refractivity contribution in [3.8, 4) is 0 Å². The predicted octanol–water partition coefficient (Wildman–Crippen LogP) is 1.40. The first-order valence-corrected chi connectivity index (χ1v) is 5.41. The monoisotopic (exact) mass is 213 g/mol. The van der Waals surface area contributed by atoms with Gasteiger partial charge in [0.2, 0.25) is 5.91 Å². The summed E-state index contributed by atoms with van der Waals surface area (Å²) in [6, 6.07) is -0.790. The first kappa shape index (κ1) is 12.0. The minimum absolute atomic E-state index is 0.0916. The summed E-state index contributed by atoms with van der Waals surface area (Å²) >= 11 is 0. The number of nitrogens with one attached hydrogen (secondary N) is 1. The van der Waals surface area contributed by atoms with Crippen LogP contribution in [0.25, 0.3) is 0 Å². The summed E-state index contributed by atoms with van der Waals surface area (Å²) in [7, 11) is 0. The number of carbonyl (C=O) groups is 2. The Labute approximate surface area is 90.0 Å². The minimum Gasteiger partial charge on any atom is -0.480 e. The number of hydrogen-bond acceptors (Lipinski definition) is 2. The zero-order valence-corrected chi connectivity index (χ0v) is 9.54. The lowest BCUT2D eigenvalue weighted by Gasteiger charge is -2.18. The summed E-state index contributed by atoms with van der Waals surface area (Å²) in [6.07, 6.45) is 2.64. The van der Waals surface area contributed by atoms with Crippen LogP contribution in [0.3, 0.4) is 0 Å². The summed E-state index contributed by atoms with van der Waals surface area (Å²) in [5, 5.41) is 11.2. The lowest BCUT2D eigenvalue weighted by atomic mass is 9.93. The maximum absolute atomic E-state index is 11.8. The maximum Gasteiger partial charge on any atom is 0.325 e.